The maximum atomic E-state index is 10.9. The molecule has 2 heteroatoms. The highest BCUT2D eigenvalue weighted by molar-refractivity contribution is 5.32. The molecule has 1 N–H and O–H groups in total. The number of ether oxygens (including phenoxy) is 1. The molecule has 0 aliphatic heterocycles. The van der Waals surface area contributed by atoms with Crippen molar-refractivity contribution in [2.24, 2.45) is 5.92 Å². The summed E-state index contributed by atoms with van der Waals surface area (Å²) in [6, 6.07) is 7.96. The fraction of sp³-hybridized carbons (Fsp3) is 0.625. The molecule has 18 heavy (non-hydrogen) atoms. The van der Waals surface area contributed by atoms with Gasteiger partial charge in [-0.3, -0.25) is 0 Å². The third kappa shape index (κ3) is 2.86. The molecule has 100 valence electrons. The van der Waals surface area contributed by atoms with E-state index in [0.29, 0.717) is 12.5 Å². The predicted molar refractivity (Wildman–Crippen MR) is 73.8 cm³/mol. The zero-order chi connectivity index (χ0) is 13.0. The summed E-state index contributed by atoms with van der Waals surface area (Å²) in [5, 5.41) is 10.9. The summed E-state index contributed by atoms with van der Waals surface area (Å²) in [6.07, 6.45) is 5.30. The van der Waals surface area contributed by atoms with Gasteiger partial charge in [0.05, 0.1) is 12.2 Å². The Kier molecular flexibility index (Phi) is 4.28. The van der Waals surface area contributed by atoms with Crippen LogP contribution in [0.3, 0.4) is 0 Å². The van der Waals surface area contributed by atoms with Crippen molar-refractivity contribution < 1.29 is 9.84 Å². The topological polar surface area (TPSA) is 29.5 Å². The van der Waals surface area contributed by atoms with Crippen LogP contribution in [0, 0.1) is 5.92 Å². The Hall–Kier alpha value is -1.02. The lowest BCUT2D eigenvalue weighted by molar-refractivity contribution is -0.0218. The summed E-state index contributed by atoms with van der Waals surface area (Å²) in [5.41, 5.74) is 0.373. The quantitative estimate of drug-likeness (QED) is 0.876. The van der Waals surface area contributed by atoms with Gasteiger partial charge in [0.1, 0.15) is 5.75 Å². The van der Waals surface area contributed by atoms with Gasteiger partial charge in [-0.05, 0) is 49.8 Å². The Morgan fingerprint density at radius 2 is 2.22 bits per heavy atom. The molecule has 2 rings (SSSR count). The smallest absolute Gasteiger partial charge is 0.119 e. The van der Waals surface area contributed by atoms with E-state index >= 15 is 0 Å². The lowest BCUT2D eigenvalue weighted by Crippen LogP contribution is -2.32. The Labute approximate surface area is 110 Å². The molecule has 0 saturated heterocycles. The van der Waals surface area contributed by atoms with Gasteiger partial charge in [0.2, 0.25) is 0 Å². The van der Waals surface area contributed by atoms with Crippen LogP contribution in [0.1, 0.15) is 51.5 Å². The summed E-state index contributed by atoms with van der Waals surface area (Å²) in [6.45, 7) is 4.86. The van der Waals surface area contributed by atoms with Crippen LogP contribution in [0.25, 0.3) is 0 Å². The van der Waals surface area contributed by atoms with Gasteiger partial charge in [0.25, 0.3) is 0 Å². The molecule has 0 aromatic heterocycles. The first-order valence-corrected chi connectivity index (χ1v) is 7.13. The van der Waals surface area contributed by atoms with Crippen LogP contribution < -0.4 is 4.74 Å². The summed E-state index contributed by atoms with van der Waals surface area (Å²) < 4.78 is 5.52. The van der Waals surface area contributed by atoms with Gasteiger partial charge in [-0.1, -0.05) is 31.9 Å². The van der Waals surface area contributed by atoms with Crippen LogP contribution >= 0.6 is 0 Å². The Morgan fingerprint density at radius 3 is 2.94 bits per heavy atom. The summed E-state index contributed by atoms with van der Waals surface area (Å²) >= 11 is 0. The van der Waals surface area contributed by atoms with Crippen molar-refractivity contribution in [2.45, 2.75) is 51.6 Å². The van der Waals surface area contributed by atoms with Crippen molar-refractivity contribution in [1.29, 1.82) is 0 Å². The van der Waals surface area contributed by atoms with Crippen LogP contribution in [0.15, 0.2) is 24.3 Å². The Bertz CT molecular complexity index is 388. The Morgan fingerprint density at radius 1 is 1.39 bits per heavy atom. The van der Waals surface area contributed by atoms with Gasteiger partial charge in [0.15, 0.2) is 0 Å². The average Bonchev–Trinajstić information content (AvgIpc) is 2.39. The van der Waals surface area contributed by atoms with Crippen molar-refractivity contribution in [1.82, 2.24) is 0 Å². The second kappa shape index (κ2) is 5.75. The SMILES string of the molecule is CCOc1cccc(C2(O)CCCC(CC)C2)c1. The molecule has 0 bridgehead atoms. The summed E-state index contributed by atoms with van der Waals surface area (Å²) in [5.74, 6) is 1.52. The van der Waals surface area contributed by atoms with Gasteiger partial charge in [-0.2, -0.15) is 0 Å². The first-order valence-electron chi connectivity index (χ1n) is 7.13. The van der Waals surface area contributed by atoms with E-state index in [9.17, 15) is 5.11 Å². The normalized spacial score (nSPS) is 28.1. The molecule has 1 aliphatic carbocycles. The molecule has 0 heterocycles. The minimum Gasteiger partial charge on any atom is -0.494 e. The van der Waals surface area contributed by atoms with Crippen molar-refractivity contribution in [3.63, 3.8) is 0 Å². The molecular weight excluding hydrogens is 224 g/mol. The second-order valence-electron chi connectivity index (χ2n) is 5.36. The molecule has 0 radical (unpaired) electrons. The van der Waals surface area contributed by atoms with Crippen LogP contribution in [-0.4, -0.2) is 11.7 Å². The number of hydrogen-bond donors (Lipinski definition) is 1. The second-order valence-corrected chi connectivity index (χ2v) is 5.36. The van der Waals surface area contributed by atoms with Gasteiger partial charge < -0.3 is 9.84 Å². The highest BCUT2D eigenvalue weighted by Gasteiger charge is 2.35. The van der Waals surface area contributed by atoms with Gasteiger partial charge in [0, 0.05) is 0 Å². The fourth-order valence-electron chi connectivity index (χ4n) is 3.02. The molecule has 2 unspecified atom stereocenters. The zero-order valence-corrected chi connectivity index (χ0v) is 11.5. The molecule has 1 aromatic rings. The molecule has 0 spiro atoms. The van der Waals surface area contributed by atoms with Crippen molar-refractivity contribution in [2.75, 3.05) is 6.61 Å². The van der Waals surface area contributed by atoms with Gasteiger partial charge in [-0.25, -0.2) is 0 Å². The maximum Gasteiger partial charge on any atom is 0.119 e. The molecule has 1 aromatic carbocycles. The van der Waals surface area contributed by atoms with E-state index in [2.05, 4.69) is 6.92 Å². The zero-order valence-electron chi connectivity index (χ0n) is 11.5. The first-order chi connectivity index (χ1) is 8.68. The highest BCUT2D eigenvalue weighted by Crippen LogP contribution is 2.41. The van der Waals surface area contributed by atoms with E-state index in [1.807, 2.05) is 31.2 Å². The fourth-order valence-corrected chi connectivity index (χ4v) is 3.02. The van der Waals surface area contributed by atoms with Crippen LogP contribution in [0.4, 0.5) is 0 Å². The minimum absolute atomic E-state index is 0.647. The van der Waals surface area contributed by atoms with E-state index in [4.69, 9.17) is 4.74 Å². The Balaban J connectivity index is 2.20. The van der Waals surface area contributed by atoms with Gasteiger partial charge >= 0.3 is 0 Å². The lowest BCUT2D eigenvalue weighted by atomic mass is 9.73. The predicted octanol–water partition coefficient (Wildman–Crippen LogP) is 3.87. The van der Waals surface area contributed by atoms with Gasteiger partial charge in [-0.15, -0.1) is 0 Å². The molecule has 1 aliphatic rings. The number of aliphatic hydroxyl groups is 1. The molecule has 1 saturated carbocycles. The van der Waals surface area contributed by atoms with E-state index in [1.54, 1.807) is 0 Å². The summed E-state index contributed by atoms with van der Waals surface area (Å²) in [7, 11) is 0. The third-order valence-corrected chi connectivity index (χ3v) is 4.09. The number of hydrogen-bond acceptors (Lipinski definition) is 2. The molecular formula is C16H24O2. The monoisotopic (exact) mass is 248 g/mol. The lowest BCUT2D eigenvalue weighted by Gasteiger charge is -2.37. The van der Waals surface area contributed by atoms with E-state index in [0.717, 1.165) is 37.0 Å². The highest BCUT2D eigenvalue weighted by atomic mass is 16.5. The van der Waals surface area contributed by atoms with Crippen LogP contribution in [0.5, 0.6) is 5.75 Å². The average molecular weight is 248 g/mol. The first kappa shape index (κ1) is 13.4. The van der Waals surface area contributed by atoms with E-state index in [1.165, 1.54) is 6.42 Å². The van der Waals surface area contributed by atoms with E-state index in [-0.39, 0.29) is 0 Å². The van der Waals surface area contributed by atoms with E-state index < -0.39 is 5.60 Å². The molecule has 1 fully saturated rings. The molecule has 0 amide bonds. The molecule has 2 nitrogen and oxygen atoms in total. The van der Waals surface area contributed by atoms with Crippen LogP contribution in [-0.2, 0) is 5.60 Å². The largest absolute Gasteiger partial charge is 0.494 e. The summed E-state index contributed by atoms with van der Waals surface area (Å²) in [4.78, 5) is 0. The van der Waals surface area contributed by atoms with Crippen molar-refractivity contribution >= 4 is 0 Å². The third-order valence-electron chi connectivity index (χ3n) is 4.09. The molecule has 2 atom stereocenters. The number of benzene rings is 1. The van der Waals surface area contributed by atoms with Crippen molar-refractivity contribution in [3.05, 3.63) is 29.8 Å². The maximum absolute atomic E-state index is 10.9. The van der Waals surface area contributed by atoms with Crippen molar-refractivity contribution in [3.8, 4) is 5.75 Å². The number of rotatable bonds is 4. The minimum atomic E-state index is -0.647. The standard InChI is InChI=1S/C16H24O2/c1-3-13-7-6-10-16(17,12-13)14-8-5-9-15(11-14)18-4-2/h5,8-9,11,13,17H,3-4,6-7,10,12H2,1-2H3. The van der Waals surface area contributed by atoms with Crippen LogP contribution in [0.2, 0.25) is 0 Å².